The maximum Gasteiger partial charge on any atom is 0.320 e. The highest BCUT2D eigenvalue weighted by molar-refractivity contribution is 9.10. The number of aromatic nitrogens is 2. The van der Waals surface area contributed by atoms with Crippen molar-refractivity contribution in [2.24, 2.45) is 0 Å². The lowest BCUT2D eigenvalue weighted by Crippen LogP contribution is -2.11. The number of nitrogens with one attached hydrogen (secondary N) is 2. The number of hydrogen-bond donors (Lipinski definition) is 2. The summed E-state index contributed by atoms with van der Waals surface area (Å²) in [7, 11) is 0. The second-order valence-corrected chi connectivity index (χ2v) is 4.24. The van der Waals surface area contributed by atoms with Gasteiger partial charge in [0.05, 0.1) is 12.2 Å². The van der Waals surface area contributed by atoms with Crippen LogP contribution >= 0.6 is 15.9 Å². The molecule has 0 aliphatic carbocycles. The summed E-state index contributed by atoms with van der Waals surface area (Å²) < 4.78 is 6.38. The molecule has 0 unspecified atom stereocenters. The molecule has 1 aromatic heterocycles. The first-order valence-corrected chi connectivity index (χ1v) is 6.13. The van der Waals surface area contributed by atoms with Crippen LogP contribution in [0.25, 0.3) is 0 Å². The van der Waals surface area contributed by atoms with Gasteiger partial charge >= 0.3 is 6.01 Å². The fourth-order valence-electron chi connectivity index (χ4n) is 1.29. The summed E-state index contributed by atoms with van der Waals surface area (Å²) >= 11 is 3.44. The van der Waals surface area contributed by atoms with Crippen LogP contribution in [-0.4, -0.2) is 16.7 Å². The predicted octanol–water partition coefficient (Wildman–Crippen LogP) is 2.69. The van der Waals surface area contributed by atoms with Gasteiger partial charge in [0.15, 0.2) is 0 Å². The van der Waals surface area contributed by atoms with E-state index in [0.717, 1.165) is 16.7 Å². The Balaban J connectivity index is 2.04. The molecule has 5 nitrogen and oxygen atoms in total. The highest BCUT2D eigenvalue weighted by Gasteiger charge is 2.06. The lowest BCUT2D eigenvalue weighted by atomic mass is 10.3. The van der Waals surface area contributed by atoms with Crippen molar-refractivity contribution < 1.29 is 4.42 Å². The number of anilines is 2. The van der Waals surface area contributed by atoms with Gasteiger partial charge in [0.2, 0.25) is 5.89 Å². The SMILES string of the molecule is CCNCc1nnc(Nc2ccccc2Br)o1. The summed E-state index contributed by atoms with van der Waals surface area (Å²) in [6.45, 7) is 3.48. The Labute approximate surface area is 108 Å². The Kier molecular flexibility index (Phi) is 4.11. The number of nitrogens with zero attached hydrogens (tertiary/aromatic N) is 2. The zero-order valence-corrected chi connectivity index (χ0v) is 11.0. The van der Waals surface area contributed by atoms with E-state index in [0.29, 0.717) is 18.5 Å². The van der Waals surface area contributed by atoms with Crippen molar-refractivity contribution in [3.05, 3.63) is 34.6 Å². The molecule has 0 bridgehead atoms. The van der Waals surface area contributed by atoms with E-state index in [1.807, 2.05) is 31.2 Å². The summed E-state index contributed by atoms with van der Waals surface area (Å²) in [5.74, 6) is 0.571. The number of para-hydroxylation sites is 1. The summed E-state index contributed by atoms with van der Waals surface area (Å²) in [6, 6.07) is 8.14. The zero-order valence-electron chi connectivity index (χ0n) is 9.40. The van der Waals surface area contributed by atoms with Crippen LogP contribution in [0.1, 0.15) is 12.8 Å². The smallest absolute Gasteiger partial charge is 0.320 e. The van der Waals surface area contributed by atoms with E-state index >= 15 is 0 Å². The Hall–Kier alpha value is -1.40. The van der Waals surface area contributed by atoms with Crippen molar-refractivity contribution in [3.8, 4) is 0 Å². The summed E-state index contributed by atoms with van der Waals surface area (Å²) in [5.41, 5.74) is 0.895. The van der Waals surface area contributed by atoms with Gasteiger partial charge in [0.1, 0.15) is 0 Å². The van der Waals surface area contributed by atoms with Crippen molar-refractivity contribution in [2.45, 2.75) is 13.5 Å². The Morgan fingerprint density at radius 2 is 2.12 bits per heavy atom. The third-order valence-corrected chi connectivity index (χ3v) is 2.80. The Bertz CT molecular complexity index is 486. The molecule has 17 heavy (non-hydrogen) atoms. The molecule has 2 aromatic rings. The molecule has 0 aliphatic rings. The molecule has 0 saturated carbocycles. The first-order valence-electron chi connectivity index (χ1n) is 5.34. The highest BCUT2D eigenvalue weighted by Crippen LogP contribution is 2.24. The van der Waals surface area contributed by atoms with E-state index in [1.54, 1.807) is 0 Å². The van der Waals surface area contributed by atoms with Gasteiger partial charge in [-0.15, -0.1) is 5.10 Å². The third kappa shape index (κ3) is 3.28. The standard InChI is InChI=1S/C11H13BrN4O/c1-2-13-7-10-15-16-11(17-10)14-9-6-4-3-5-8(9)12/h3-6,13H,2,7H2,1H3,(H,14,16). The number of rotatable bonds is 5. The molecule has 0 saturated heterocycles. The van der Waals surface area contributed by atoms with E-state index in [4.69, 9.17) is 4.42 Å². The van der Waals surface area contributed by atoms with Gasteiger partial charge in [-0.1, -0.05) is 24.2 Å². The molecule has 0 aliphatic heterocycles. The Morgan fingerprint density at radius 3 is 2.88 bits per heavy atom. The molecular formula is C11H13BrN4O. The number of hydrogen-bond acceptors (Lipinski definition) is 5. The highest BCUT2D eigenvalue weighted by atomic mass is 79.9. The van der Waals surface area contributed by atoms with Crippen LogP contribution in [0.2, 0.25) is 0 Å². The van der Waals surface area contributed by atoms with Crippen LogP contribution in [0.15, 0.2) is 33.2 Å². The van der Waals surface area contributed by atoms with Gasteiger partial charge in [0, 0.05) is 4.47 Å². The largest absolute Gasteiger partial charge is 0.406 e. The van der Waals surface area contributed by atoms with E-state index in [9.17, 15) is 0 Å². The average Bonchev–Trinajstić information content (AvgIpc) is 2.77. The summed E-state index contributed by atoms with van der Waals surface area (Å²) in [4.78, 5) is 0. The first kappa shape index (κ1) is 12.1. The van der Waals surface area contributed by atoms with Crippen molar-refractivity contribution in [3.63, 3.8) is 0 Å². The van der Waals surface area contributed by atoms with Crippen molar-refractivity contribution in [1.82, 2.24) is 15.5 Å². The minimum absolute atomic E-state index is 0.393. The van der Waals surface area contributed by atoms with Gasteiger partial charge in [-0.25, -0.2) is 0 Å². The Morgan fingerprint density at radius 1 is 1.29 bits per heavy atom. The van der Waals surface area contributed by atoms with Gasteiger partial charge in [-0.2, -0.15) is 0 Å². The first-order chi connectivity index (χ1) is 8.29. The predicted molar refractivity (Wildman–Crippen MR) is 69.1 cm³/mol. The molecule has 2 N–H and O–H groups in total. The van der Waals surface area contributed by atoms with Crippen molar-refractivity contribution in [1.29, 1.82) is 0 Å². The van der Waals surface area contributed by atoms with E-state index in [-0.39, 0.29) is 0 Å². The molecule has 0 radical (unpaired) electrons. The van der Waals surface area contributed by atoms with E-state index < -0.39 is 0 Å². The number of benzene rings is 1. The number of halogens is 1. The molecule has 0 amide bonds. The molecule has 2 rings (SSSR count). The zero-order chi connectivity index (χ0) is 12.1. The summed E-state index contributed by atoms with van der Waals surface area (Å²) in [5, 5.41) is 14.0. The normalized spacial score (nSPS) is 10.5. The maximum absolute atomic E-state index is 5.43. The molecule has 6 heteroatoms. The molecule has 1 aromatic carbocycles. The van der Waals surface area contributed by atoms with Crippen LogP contribution in [-0.2, 0) is 6.54 Å². The van der Waals surface area contributed by atoms with Crippen LogP contribution in [0, 0.1) is 0 Å². The van der Waals surface area contributed by atoms with Crippen LogP contribution in [0.5, 0.6) is 0 Å². The second kappa shape index (κ2) is 5.79. The summed E-state index contributed by atoms with van der Waals surface area (Å²) in [6.07, 6.45) is 0. The molecule has 90 valence electrons. The quantitative estimate of drug-likeness (QED) is 0.888. The fourth-order valence-corrected chi connectivity index (χ4v) is 1.67. The molecule has 0 spiro atoms. The van der Waals surface area contributed by atoms with Gasteiger partial charge < -0.3 is 15.1 Å². The second-order valence-electron chi connectivity index (χ2n) is 3.39. The van der Waals surface area contributed by atoms with Gasteiger partial charge in [-0.3, -0.25) is 0 Å². The van der Waals surface area contributed by atoms with Crippen LogP contribution < -0.4 is 10.6 Å². The van der Waals surface area contributed by atoms with Gasteiger partial charge in [0.25, 0.3) is 0 Å². The van der Waals surface area contributed by atoms with E-state index in [2.05, 4.69) is 36.8 Å². The van der Waals surface area contributed by atoms with Crippen LogP contribution in [0.3, 0.4) is 0 Å². The lowest BCUT2D eigenvalue weighted by molar-refractivity contribution is 0.484. The molecule has 0 atom stereocenters. The fraction of sp³-hybridized carbons (Fsp3) is 0.273. The lowest BCUT2D eigenvalue weighted by Gasteiger charge is -2.02. The van der Waals surface area contributed by atoms with Crippen molar-refractivity contribution >= 4 is 27.6 Å². The molecule has 1 heterocycles. The monoisotopic (exact) mass is 296 g/mol. The van der Waals surface area contributed by atoms with Crippen molar-refractivity contribution in [2.75, 3.05) is 11.9 Å². The van der Waals surface area contributed by atoms with Gasteiger partial charge in [-0.05, 0) is 34.6 Å². The minimum atomic E-state index is 0.393. The topological polar surface area (TPSA) is 63.0 Å². The van der Waals surface area contributed by atoms with E-state index in [1.165, 1.54) is 0 Å². The minimum Gasteiger partial charge on any atom is -0.406 e. The third-order valence-electron chi connectivity index (χ3n) is 2.11. The average molecular weight is 297 g/mol. The maximum atomic E-state index is 5.43. The molecular weight excluding hydrogens is 284 g/mol. The van der Waals surface area contributed by atoms with Crippen LogP contribution in [0.4, 0.5) is 11.7 Å². The molecule has 0 fully saturated rings.